The van der Waals surface area contributed by atoms with Crippen LogP contribution in [0.5, 0.6) is 5.75 Å². The fourth-order valence-electron chi connectivity index (χ4n) is 1.59. The molecule has 2 rings (SSSR count). The largest absolute Gasteiger partial charge is 0.495 e. The predicted molar refractivity (Wildman–Crippen MR) is 74.8 cm³/mol. The Morgan fingerprint density at radius 2 is 2.16 bits per heavy atom. The van der Waals surface area contributed by atoms with Crippen LogP contribution in [0.15, 0.2) is 33.9 Å². The fraction of sp³-hybridized carbons (Fsp3) is 0.182. The fourth-order valence-corrected chi connectivity index (χ4v) is 3.19. The van der Waals surface area contributed by atoms with Gasteiger partial charge in [-0.05, 0) is 30.7 Å². The molecule has 1 heterocycles. The Morgan fingerprint density at radius 1 is 1.42 bits per heavy atom. The minimum Gasteiger partial charge on any atom is -0.495 e. The summed E-state index contributed by atoms with van der Waals surface area (Å²) in [6, 6.07) is 4.87. The highest BCUT2D eigenvalue weighted by molar-refractivity contribution is 9.10. The molecule has 0 atom stereocenters. The van der Waals surface area contributed by atoms with Gasteiger partial charge in [0.1, 0.15) is 5.75 Å². The molecule has 0 unspecified atom stereocenters. The van der Waals surface area contributed by atoms with Gasteiger partial charge in [-0.2, -0.15) is 13.5 Å². The van der Waals surface area contributed by atoms with Crippen LogP contribution in [-0.4, -0.2) is 25.7 Å². The first-order chi connectivity index (χ1) is 8.94. The van der Waals surface area contributed by atoms with Crippen molar-refractivity contribution in [2.75, 3.05) is 11.8 Å². The zero-order valence-corrected chi connectivity index (χ0v) is 12.7. The van der Waals surface area contributed by atoms with Crippen molar-refractivity contribution < 1.29 is 13.2 Å². The quantitative estimate of drug-likeness (QED) is 0.890. The van der Waals surface area contributed by atoms with Crippen LogP contribution in [0, 0.1) is 6.92 Å². The van der Waals surface area contributed by atoms with Gasteiger partial charge in [-0.3, -0.25) is 9.82 Å². The van der Waals surface area contributed by atoms with E-state index in [2.05, 4.69) is 30.8 Å². The molecule has 1 aromatic heterocycles. The summed E-state index contributed by atoms with van der Waals surface area (Å²) >= 11 is 3.33. The topological polar surface area (TPSA) is 84.1 Å². The van der Waals surface area contributed by atoms with E-state index in [4.69, 9.17) is 4.74 Å². The molecule has 2 N–H and O–H groups in total. The van der Waals surface area contributed by atoms with Gasteiger partial charge >= 0.3 is 0 Å². The second kappa shape index (κ2) is 5.22. The Labute approximate surface area is 119 Å². The van der Waals surface area contributed by atoms with Gasteiger partial charge in [-0.15, -0.1) is 0 Å². The number of hydrogen-bond donors (Lipinski definition) is 2. The first kappa shape index (κ1) is 13.9. The molecule has 0 radical (unpaired) electrons. The van der Waals surface area contributed by atoms with E-state index in [0.717, 1.165) is 10.0 Å². The molecule has 0 saturated heterocycles. The van der Waals surface area contributed by atoms with Gasteiger partial charge in [0.25, 0.3) is 10.0 Å². The van der Waals surface area contributed by atoms with E-state index < -0.39 is 10.0 Å². The van der Waals surface area contributed by atoms with E-state index in [1.54, 1.807) is 19.1 Å². The molecule has 1 aromatic carbocycles. The van der Waals surface area contributed by atoms with E-state index in [0.29, 0.717) is 11.4 Å². The summed E-state index contributed by atoms with van der Waals surface area (Å²) in [7, 11) is -2.22. The normalized spacial score (nSPS) is 11.3. The summed E-state index contributed by atoms with van der Waals surface area (Å²) in [4.78, 5) is 0. The molecule has 0 bridgehead atoms. The van der Waals surface area contributed by atoms with Crippen LogP contribution in [0.4, 0.5) is 5.69 Å². The minimum absolute atomic E-state index is 0.00290. The Kier molecular flexibility index (Phi) is 3.81. The highest BCUT2D eigenvalue weighted by atomic mass is 79.9. The van der Waals surface area contributed by atoms with E-state index >= 15 is 0 Å². The molecule has 2 aromatic rings. The Bertz CT molecular complexity index is 683. The lowest BCUT2D eigenvalue weighted by molar-refractivity contribution is 0.416. The lowest BCUT2D eigenvalue weighted by Crippen LogP contribution is -2.15. The van der Waals surface area contributed by atoms with Crippen molar-refractivity contribution in [1.82, 2.24) is 10.2 Å². The lowest BCUT2D eigenvalue weighted by atomic mass is 10.2. The van der Waals surface area contributed by atoms with Gasteiger partial charge in [0, 0.05) is 4.47 Å². The number of methoxy groups -OCH3 is 1. The van der Waals surface area contributed by atoms with E-state index in [9.17, 15) is 8.42 Å². The van der Waals surface area contributed by atoms with Crippen LogP contribution in [-0.2, 0) is 10.0 Å². The number of anilines is 1. The van der Waals surface area contributed by atoms with Crippen molar-refractivity contribution in [3.8, 4) is 5.75 Å². The highest BCUT2D eigenvalue weighted by Crippen LogP contribution is 2.33. The molecule has 0 amide bonds. The van der Waals surface area contributed by atoms with Crippen LogP contribution >= 0.6 is 15.9 Å². The van der Waals surface area contributed by atoms with Gasteiger partial charge in [0.05, 0.1) is 19.0 Å². The number of aryl methyl sites for hydroxylation is 1. The molecule has 0 fully saturated rings. The molecular weight excluding hydrogens is 334 g/mol. The van der Waals surface area contributed by atoms with Gasteiger partial charge in [0.2, 0.25) is 0 Å². The first-order valence-electron chi connectivity index (χ1n) is 5.30. The third-order valence-electron chi connectivity index (χ3n) is 2.49. The molecule has 102 valence electrons. The Hall–Kier alpha value is -1.54. The summed E-state index contributed by atoms with van der Waals surface area (Å²) in [5.74, 6) is 0.440. The van der Waals surface area contributed by atoms with Crippen LogP contribution < -0.4 is 9.46 Å². The van der Waals surface area contributed by atoms with Gasteiger partial charge in [-0.1, -0.05) is 15.9 Å². The van der Waals surface area contributed by atoms with E-state index in [-0.39, 0.29) is 5.03 Å². The second-order valence-corrected chi connectivity index (χ2v) is 6.39. The number of halogens is 1. The minimum atomic E-state index is -3.70. The lowest BCUT2D eigenvalue weighted by Gasteiger charge is -2.14. The number of hydrogen-bond acceptors (Lipinski definition) is 4. The first-order valence-corrected chi connectivity index (χ1v) is 7.58. The summed E-state index contributed by atoms with van der Waals surface area (Å²) in [5, 5.41) is 6.04. The third kappa shape index (κ3) is 2.90. The molecule has 8 heteroatoms. The van der Waals surface area contributed by atoms with E-state index in [1.165, 1.54) is 19.4 Å². The van der Waals surface area contributed by atoms with Gasteiger partial charge in [-0.25, -0.2) is 0 Å². The maximum absolute atomic E-state index is 12.1. The zero-order valence-electron chi connectivity index (χ0n) is 10.3. The molecule has 19 heavy (non-hydrogen) atoms. The summed E-state index contributed by atoms with van der Waals surface area (Å²) < 4.78 is 32.7. The average Bonchev–Trinajstić information content (AvgIpc) is 2.86. The SMILES string of the molecule is COc1cc(Br)cc(C)c1NS(=O)(=O)c1ccn[nH]1. The number of aromatic nitrogens is 2. The van der Waals surface area contributed by atoms with E-state index in [1.807, 2.05) is 0 Å². The number of H-pyrrole nitrogens is 1. The van der Waals surface area contributed by atoms with Crippen LogP contribution in [0.2, 0.25) is 0 Å². The maximum Gasteiger partial charge on any atom is 0.278 e. The molecule has 6 nitrogen and oxygen atoms in total. The van der Waals surface area contributed by atoms with Crippen LogP contribution in [0.1, 0.15) is 5.56 Å². The summed E-state index contributed by atoms with van der Waals surface area (Å²) in [6.07, 6.45) is 1.38. The monoisotopic (exact) mass is 345 g/mol. The smallest absolute Gasteiger partial charge is 0.278 e. The number of nitrogens with zero attached hydrogens (tertiary/aromatic N) is 1. The number of nitrogens with one attached hydrogen (secondary N) is 2. The molecule has 0 aliphatic rings. The summed E-state index contributed by atoms with van der Waals surface area (Å²) in [6.45, 7) is 1.79. The maximum atomic E-state index is 12.1. The van der Waals surface area contributed by atoms with Crippen LogP contribution in [0.25, 0.3) is 0 Å². The van der Waals surface area contributed by atoms with Gasteiger partial charge < -0.3 is 4.74 Å². The highest BCUT2D eigenvalue weighted by Gasteiger charge is 2.19. The molecule has 0 aliphatic carbocycles. The second-order valence-electron chi connectivity index (χ2n) is 3.83. The Balaban J connectivity index is 2.45. The molecular formula is C11H12BrN3O3S. The molecule has 0 saturated carbocycles. The number of rotatable bonds is 4. The Morgan fingerprint density at radius 3 is 2.74 bits per heavy atom. The molecule has 0 spiro atoms. The number of sulfonamides is 1. The number of aromatic amines is 1. The van der Waals surface area contributed by atoms with Gasteiger partial charge in [0.15, 0.2) is 5.03 Å². The van der Waals surface area contributed by atoms with Crippen molar-refractivity contribution in [2.24, 2.45) is 0 Å². The predicted octanol–water partition coefficient (Wildman–Crippen LogP) is 2.29. The van der Waals surface area contributed by atoms with Crippen molar-refractivity contribution >= 4 is 31.6 Å². The standard InChI is InChI=1S/C11H12BrN3O3S/c1-7-5-8(12)6-9(18-2)11(7)15-19(16,17)10-3-4-13-14-10/h3-6,15H,1-2H3,(H,13,14). The molecule has 0 aliphatic heterocycles. The summed E-state index contributed by atoms with van der Waals surface area (Å²) in [5.41, 5.74) is 1.15. The number of ether oxygens (including phenoxy) is 1. The number of benzene rings is 1. The van der Waals surface area contributed by atoms with Crippen molar-refractivity contribution in [3.05, 3.63) is 34.4 Å². The van der Waals surface area contributed by atoms with Crippen molar-refractivity contribution in [1.29, 1.82) is 0 Å². The average molecular weight is 346 g/mol. The van der Waals surface area contributed by atoms with Crippen LogP contribution in [0.3, 0.4) is 0 Å². The van der Waals surface area contributed by atoms with Crippen molar-refractivity contribution in [3.63, 3.8) is 0 Å². The third-order valence-corrected chi connectivity index (χ3v) is 4.22. The zero-order chi connectivity index (χ0) is 14.0. The van der Waals surface area contributed by atoms with Crippen molar-refractivity contribution in [2.45, 2.75) is 11.9 Å².